The van der Waals surface area contributed by atoms with Gasteiger partial charge in [0.15, 0.2) is 6.10 Å². The van der Waals surface area contributed by atoms with Gasteiger partial charge < -0.3 is 14.8 Å². The molecule has 2 atom stereocenters. The molecule has 1 N–H and O–H groups in total. The maximum atomic E-state index is 15.0. The highest BCUT2D eigenvalue weighted by Gasteiger charge is 2.41. The molecule has 0 aliphatic carbocycles. The number of hydrogen-bond donors (Lipinski definition) is 1. The minimum absolute atomic E-state index is 0.322. The molecule has 0 amide bonds. The van der Waals surface area contributed by atoms with Gasteiger partial charge in [-0.3, -0.25) is 0 Å². The Morgan fingerprint density at radius 2 is 1.88 bits per heavy atom. The zero-order chi connectivity index (χ0) is 21.7. The van der Waals surface area contributed by atoms with Crippen molar-refractivity contribution in [2.24, 2.45) is 0 Å². The summed E-state index contributed by atoms with van der Waals surface area (Å²) in [6, 6.07) is 21.9. The number of rotatable bonds is 3. The first-order chi connectivity index (χ1) is 15.7. The lowest BCUT2D eigenvalue weighted by molar-refractivity contribution is 0.218. The Bertz CT molecular complexity index is 1360. The van der Waals surface area contributed by atoms with Crippen molar-refractivity contribution in [3.63, 3.8) is 0 Å². The summed E-state index contributed by atoms with van der Waals surface area (Å²) >= 11 is 0. The molecule has 7 heteroatoms. The molecular weight excluding hydrogens is 407 g/mol. The summed E-state index contributed by atoms with van der Waals surface area (Å²) in [7, 11) is 1.63. The van der Waals surface area contributed by atoms with Gasteiger partial charge in [0, 0.05) is 16.7 Å². The second-order valence-corrected chi connectivity index (χ2v) is 7.68. The average Bonchev–Trinajstić information content (AvgIpc) is 3.31. The van der Waals surface area contributed by atoms with E-state index in [4.69, 9.17) is 9.47 Å². The molecule has 4 aromatic rings. The first-order valence-corrected chi connectivity index (χ1v) is 10.3. The number of para-hydroxylation sites is 1. The van der Waals surface area contributed by atoms with Crippen molar-refractivity contribution in [1.29, 1.82) is 0 Å². The molecule has 2 aliphatic rings. The second kappa shape index (κ2) is 7.23. The minimum Gasteiger partial charge on any atom is -0.497 e. The predicted octanol–water partition coefficient (Wildman–Crippen LogP) is 4.99. The molecule has 0 saturated carbocycles. The molecule has 158 valence electrons. The fourth-order valence-electron chi connectivity index (χ4n) is 4.50. The average molecular weight is 426 g/mol. The van der Waals surface area contributed by atoms with Crippen LogP contribution in [0.25, 0.3) is 5.70 Å². The van der Waals surface area contributed by atoms with E-state index in [2.05, 4.69) is 15.4 Å². The van der Waals surface area contributed by atoms with E-state index in [1.54, 1.807) is 23.9 Å². The lowest BCUT2D eigenvalue weighted by atomic mass is 9.84. The fourth-order valence-corrected chi connectivity index (χ4v) is 4.50. The maximum absolute atomic E-state index is 15.0. The van der Waals surface area contributed by atoms with E-state index in [1.165, 1.54) is 12.4 Å². The molecule has 3 aromatic carbocycles. The number of halogens is 1. The molecule has 3 heterocycles. The van der Waals surface area contributed by atoms with Crippen LogP contribution in [0.5, 0.6) is 11.5 Å². The zero-order valence-corrected chi connectivity index (χ0v) is 17.2. The second-order valence-electron chi connectivity index (χ2n) is 7.68. The van der Waals surface area contributed by atoms with E-state index < -0.39 is 6.10 Å². The third kappa shape index (κ3) is 2.78. The summed E-state index contributed by atoms with van der Waals surface area (Å²) in [4.78, 5) is 4.41. The number of methoxy groups -OCH3 is 1. The molecule has 0 spiro atoms. The normalized spacial score (nSPS) is 18.7. The van der Waals surface area contributed by atoms with Crippen LogP contribution in [0.1, 0.15) is 28.8 Å². The van der Waals surface area contributed by atoms with Crippen LogP contribution >= 0.6 is 0 Å². The minimum atomic E-state index is -0.651. The van der Waals surface area contributed by atoms with E-state index in [9.17, 15) is 0 Å². The molecule has 0 fully saturated rings. The summed E-state index contributed by atoms with van der Waals surface area (Å²) in [5, 5.41) is 7.90. The van der Waals surface area contributed by atoms with Gasteiger partial charge in [-0.05, 0) is 35.9 Å². The van der Waals surface area contributed by atoms with Crippen molar-refractivity contribution in [2.45, 2.75) is 12.1 Å². The largest absolute Gasteiger partial charge is 0.497 e. The van der Waals surface area contributed by atoms with Crippen LogP contribution in [0.15, 0.2) is 84.7 Å². The van der Waals surface area contributed by atoms with Gasteiger partial charge in [-0.25, -0.2) is 9.07 Å². The quantitative estimate of drug-likeness (QED) is 0.500. The summed E-state index contributed by atoms with van der Waals surface area (Å²) in [5.74, 6) is 1.70. The number of aromatic nitrogens is 3. The van der Waals surface area contributed by atoms with Crippen LogP contribution in [-0.4, -0.2) is 21.9 Å². The number of ether oxygens (including phenoxy) is 2. The number of nitrogens with zero attached hydrogens (tertiary/aromatic N) is 3. The lowest BCUT2D eigenvalue weighted by Crippen LogP contribution is -2.32. The monoisotopic (exact) mass is 426 g/mol. The summed E-state index contributed by atoms with van der Waals surface area (Å²) < 4.78 is 28.7. The van der Waals surface area contributed by atoms with Crippen LogP contribution in [0.3, 0.4) is 0 Å². The van der Waals surface area contributed by atoms with Crippen molar-refractivity contribution < 1.29 is 13.9 Å². The highest BCUT2D eigenvalue weighted by Crippen LogP contribution is 2.51. The smallest absolute Gasteiger partial charge is 0.226 e. The summed E-state index contributed by atoms with van der Waals surface area (Å²) in [6.07, 6.45) is 0.862. The Labute approximate surface area is 183 Å². The Balaban J connectivity index is 1.64. The molecule has 0 radical (unpaired) electrons. The van der Waals surface area contributed by atoms with Crippen molar-refractivity contribution in [3.8, 4) is 11.5 Å². The van der Waals surface area contributed by atoms with Crippen molar-refractivity contribution in [3.05, 3.63) is 107 Å². The molecule has 0 saturated heterocycles. The number of benzene rings is 3. The predicted molar refractivity (Wildman–Crippen MR) is 118 cm³/mol. The van der Waals surface area contributed by atoms with Crippen LogP contribution in [0.4, 0.5) is 10.3 Å². The standard InChI is InChI=1S/C25H19FN4O2/c1-31-16-8-6-7-15(13-16)23-21-22(29-25-27-14-28-30(23)25)18-10-3-5-12-20(18)32-24(21)17-9-2-4-11-19(17)26/h2-14,23-24H,1H3,(H,27,28,29)/t23-,24-/m1/s1. The number of nitrogens with one attached hydrogen (secondary N) is 1. The van der Waals surface area contributed by atoms with Crippen molar-refractivity contribution in [1.82, 2.24) is 14.8 Å². The Morgan fingerprint density at radius 3 is 2.75 bits per heavy atom. The lowest BCUT2D eigenvalue weighted by Gasteiger charge is -2.39. The molecule has 1 aromatic heterocycles. The highest BCUT2D eigenvalue weighted by molar-refractivity contribution is 5.85. The van der Waals surface area contributed by atoms with Gasteiger partial charge in [0.25, 0.3) is 0 Å². The summed E-state index contributed by atoms with van der Waals surface area (Å²) in [5.41, 5.74) is 4.02. The molecule has 0 bridgehead atoms. The van der Waals surface area contributed by atoms with E-state index in [0.29, 0.717) is 17.3 Å². The third-order valence-corrected chi connectivity index (χ3v) is 5.92. The van der Waals surface area contributed by atoms with Crippen molar-refractivity contribution >= 4 is 11.6 Å². The first-order valence-electron chi connectivity index (χ1n) is 10.3. The Kier molecular flexibility index (Phi) is 4.21. The molecule has 0 unspecified atom stereocenters. The topological polar surface area (TPSA) is 61.2 Å². The van der Waals surface area contributed by atoms with Gasteiger partial charge in [0.05, 0.1) is 12.8 Å². The summed E-state index contributed by atoms with van der Waals surface area (Å²) in [6.45, 7) is 0. The Hall–Kier alpha value is -4.13. The van der Waals surface area contributed by atoms with E-state index >= 15 is 4.39 Å². The Morgan fingerprint density at radius 1 is 1.03 bits per heavy atom. The fraction of sp³-hybridized carbons (Fsp3) is 0.120. The van der Waals surface area contributed by atoms with Gasteiger partial charge in [0.2, 0.25) is 5.95 Å². The third-order valence-electron chi connectivity index (χ3n) is 5.92. The van der Waals surface area contributed by atoms with Crippen LogP contribution < -0.4 is 14.8 Å². The van der Waals surface area contributed by atoms with Crippen molar-refractivity contribution in [2.75, 3.05) is 12.4 Å². The molecular formula is C25H19FN4O2. The first kappa shape index (κ1) is 18.6. The number of anilines is 1. The number of fused-ring (bicyclic) bond motifs is 3. The molecule has 2 aliphatic heterocycles. The van der Waals surface area contributed by atoms with Gasteiger partial charge in [-0.15, -0.1) is 0 Å². The van der Waals surface area contributed by atoms with E-state index in [0.717, 1.165) is 28.1 Å². The molecule has 32 heavy (non-hydrogen) atoms. The molecule has 6 nitrogen and oxygen atoms in total. The maximum Gasteiger partial charge on any atom is 0.226 e. The van der Waals surface area contributed by atoms with Gasteiger partial charge in [-0.1, -0.05) is 42.5 Å². The zero-order valence-electron chi connectivity index (χ0n) is 17.2. The van der Waals surface area contributed by atoms with E-state index in [1.807, 2.05) is 54.6 Å². The van der Waals surface area contributed by atoms with Crippen LogP contribution in [0, 0.1) is 5.82 Å². The van der Waals surface area contributed by atoms with E-state index in [-0.39, 0.29) is 11.9 Å². The number of hydrogen-bond acceptors (Lipinski definition) is 5. The van der Waals surface area contributed by atoms with Gasteiger partial charge in [0.1, 0.15) is 29.7 Å². The SMILES string of the molecule is COc1cccc([C@@H]2C3=C(Nc4ncnn42)c2ccccc2O[C@@H]3c2ccccc2F)c1. The van der Waals surface area contributed by atoms with Gasteiger partial charge in [-0.2, -0.15) is 10.1 Å². The van der Waals surface area contributed by atoms with Crippen LogP contribution in [-0.2, 0) is 0 Å². The van der Waals surface area contributed by atoms with Gasteiger partial charge >= 0.3 is 0 Å². The highest BCUT2D eigenvalue weighted by atomic mass is 19.1. The van der Waals surface area contributed by atoms with Crippen LogP contribution in [0.2, 0.25) is 0 Å². The molecule has 6 rings (SSSR count).